The summed E-state index contributed by atoms with van der Waals surface area (Å²) in [4.78, 5) is 246. The third kappa shape index (κ3) is 12.6. The first-order chi connectivity index (χ1) is 58.4. The molecule has 0 aromatic heterocycles. The minimum atomic E-state index is -1.71. The zero-order valence-corrected chi connectivity index (χ0v) is 66.9. The maximum absolute atomic E-state index is 13.4. The van der Waals surface area contributed by atoms with Gasteiger partial charge < -0.3 is 42.2 Å². The Labute approximate surface area is 703 Å². The highest BCUT2D eigenvalue weighted by molar-refractivity contribution is 6.36. The quantitative estimate of drug-likeness (QED) is 0.0134. The van der Waals surface area contributed by atoms with Crippen molar-refractivity contribution in [3.8, 4) is 0 Å². The Morgan fingerprint density at radius 1 is 0.360 bits per heavy atom. The number of non-ortho nitro benzene ring substituents is 5. The van der Waals surface area contributed by atoms with Crippen molar-refractivity contribution in [2.24, 2.45) is 90.7 Å². The summed E-state index contributed by atoms with van der Waals surface area (Å²) >= 11 is 0. The standard InChI is InChI=1S/C23H23N3O9.C22H16N4O8.C22H20N4O4.C10H8O6.C6H6N2O2/c1-22(20(28)29)17(12-5-13-3-8-15(9-4-13)25(32)33)23(2,21(30)31)18(22)19(27)24-14-6-10-16(11-7-14)26(34)35;1-21-15(17(27)23(19(21)29)11-3-7-13(8-4-11)25(31)32)22(2)16(21)18(28)24(20(22)30)12-5-9-14(10-6-12)26(33)34;1-21-15(17(27)25(19(21)29)13-7-3-11(23)4-8-13)22(2)16(21)18(28)26(20(22)30)14-9-5-12(24)6-10-14;1-9-3(5(11)15-7(9)13)10(2)4(9)6(12)16-8(10)14;7-5-1-3-6(4-2-5)8(9)10/h3-4,6-11,17-18H,5,12H2,1-2H3,(H,24,27)(H,28,29)(H,30,31);3-10,15-16H,1-2H3;3-10,15-16H,23-24H2,1-2H3;3-4H,1-2H3;1-4H,7H2. The number of cyclic esters (lactones) is 4. The minimum Gasteiger partial charge on any atom is -0.481 e. The number of carbonyl (C=O) groups excluding carboxylic acids is 13. The van der Waals surface area contributed by atoms with Crippen LogP contribution < -0.4 is 42.1 Å². The first-order valence-electron chi connectivity index (χ1n) is 38.0. The van der Waals surface area contributed by atoms with E-state index in [-0.39, 0.29) is 58.3 Å². The molecule has 6 aliphatic heterocycles. The Morgan fingerprint density at radius 2 is 0.592 bits per heavy atom. The van der Waals surface area contributed by atoms with Gasteiger partial charge >= 0.3 is 35.8 Å². The maximum atomic E-state index is 13.4. The number of rotatable bonds is 16. The molecule has 42 heteroatoms. The molecule has 9 N–H and O–H groups in total. The number of esters is 4. The summed E-state index contributed by atoms with van der Waals surface area (Å²) in [5.41, 5.74) is 8.02. The van der Waals surface area contributed by atoms with Crippen molar-refractivity contribution in [2.75, 3.05) is 42.1 Å². The molecule has 9 amide bonds. The molecule has 2 unspecified atom stereocenters. The molecule has 4 saturated carbocycles. The molecule has 0 bridgehead atoms. The van der Waals surface area contributed by atoms with Crippen molar-refractivity contribution in [2.45, 2.75) is 68.2 Å². The van der Waals surface area contributed by atoms with Crippen LogP contribution in [0.5, 0.6) is 0 Å². The largest absolute Gasteiger partial charge is 0.481 e. The van der Waals surface area contributed by atoms with E-state index in [1.807, 2.05) is 0 Å². The summed E-state index contributed by atoms with van der Waals surface area (Å²) in [6.45, 7) is 11.8. The number of carboxylic acid groups (broad SMARTS) is 2. The number of nitro benzene ring substituents is 5. The molecule has 10 fully saturated rings. The molecule has 644 valence electrons. The van der Waals surface area contributed by atoms with E-state index >= 15 is 0 Å². The lowest BCUT2D eigenvalue weighted by atomic mass is 9.38. The zero-order chi connectivity index (χ0) is 91.9. The Kier molecular flexibility index (Phi) is 21.0. The fraction of sp³-hybridized carbons (Fsp3) is 0.313. The van der Waals surface area contributed by atoms with E-state index < -0.39 is 204 Å². The number of aryl methyl sites for hydroxylation is 1. The van der Waals surface area contributed by atoms with Gasteiger partial charge in [-0.3, -0.25) is 122 Å². The number of amides is 9. The van der Waals surface area contributed by atoms with Crippen LogP contribution in [0, 0.1) is 141 Å². The Hall–Kier alpha value is -15.8. The van der Waals surface area contributed by atoms with Crippen molar-refractivity contribution in [3.63, 3.8) is 0 Å². The molecule has 0 spiro atoms. The van der Waals surface area contributed by atoms with Crippen LogP contribution in [0.2, 0.25) is 0 Å². The summed E-state index contributed by atoms with van der Waals surface area (Å²) in [6, 6.07) is 38.7. The van der Waals surface area contributed by atoms with Crippen LogP contribution in [0.3, 0.4) is 0 Å². The predicted molar refractivity (Wildman–Crippen MR) is 429 cm³/mol. The number of anilines is 8. The van der Waals surface area contributed by atoms with E-state index in [0.717, 1.165) is 56.0 Å². The average Bonchev–Trinajstić information content (AvgIpc) is 1.44. The van der Waals surface area contributed by atoms with Gasteiger partial charge in [0.05, 0.1) is 132 Å². The number of fused-ring (bicyclic) bond motifs is 12. The third-order valence-corrected chi connectivity index (χ3v) is 26.5. The number of nitro groups is 5. The number of nitrogens with two attached hydrogens (primary N) is 3. The highest BCUT2D eigenvalue weighted by Gasteiger charge is 2.89. The lowest BCUT2D eigenvalue weighted by Gasteiger charge is -2.61. The number of aliphatic carboxylic acids is 2. The average molecular weight is 1720 g/mol. The van der Waals surface area contributed by atoms with Crippen LogP contribution in [0.15, 0.2) is 170 Å². The Balaban J connectivity index is 0.000000141. The molecule has 0 radical (unpaired) electrons. The second-order valence-corrected chi connectivity index (χ2v) is 33.1. The van der Waals surface area contributed by atoms with Crippen LogP contribution >= 0.6 is 0 Å². The van der Waals surface area contributed by atoms with Crippen LogP contribution in [0.25, 0.3) is 0 Å². The van der Waals surface area contributed by atoms with E-state index in [0.29, 0.717) is 34.0 Å². The molecule has 4 aliphatic carbocycles. The van der Waals surface area contributed by atoms with E-state index in [1.54, 1.807) is 62.4 Å². The number of benzene rings is 7. The van der Waals surface area contributed by atoms with Gasteiger partial charge in [0.15, 0.2) is 0 Å². The van der Waals surface area contributed by atoms with Crippen LogP contribution in [-0.2, 0) is 87.8 Å². The van der Waals surface area contributed by atoms with Crippen molar-refractivity contribution < 1.29 is 116 Å². The smallest absolute Gasteiger partial charge is 0.321 e. The summed E-state index contributed by atoms with van der Waals surface area (Å²) in [7, 11) is 0. The number of hydrogen-bond acceptors (Lipinski definition) is 30. The monoisotopic (exact) mass is 1720 g/mol. The number of carboxylic acids is 2. The van der Waals surface area contributed by atoms with E-state index in [1.165, 1.54) is 126 Å². The van der Waals surface area contributed by atoms with E-state index in [9.17, 15) is 133 Å². The molecular formula is C83H73N13O29. The number of ether oxygens (including phenoxy) is 2. The van der Waals surface area contributed by atoms with Gasteiger partial charge in [0, 0.05) is 83.4 Å². The number of nitrogens with one attached hydrogen (secondary N) is 1. The topological polar surface area (TPSA) is 634 Å². The fourth-order valence-electron chi connectivity index (χ4n) is 20.8. The number of nitrogens with zero attached hydrogens (tertiary/aromatic N) is 9. The van der Waals surface area contributed by atoms with Gasteiger partial charge in [-0.2, -0.15) is 0 Å². The van der Waals surface area contributed by atoms with Gasteiger partial charge in [-0.15, -0.1) is 0 Å². The maximum Gasteiger partial charge on any atom is 0.321 e. The molecule has 6 saturated heterocycles. The lowest BCUT2D eigenvalue weighted by molar-refractivity contribution is -0.385. The van der Waals surface area contributed by atoms with Gasteiger partial charge in [0.2, 0.25) is 53.2 Å². The summed E-state index contributed by atoms with van der Waals surface area (Å²) in [6.07, 6.45) is 0.371. The van der Waals surface area contributed by atoms with Gasteiger partial charge in [-0.05, 0) is 177 Å². The van der Waals surface area contributed by atoms with Crippen LogP contribution in [-0.4, -0.2) is 124 Å². The second-order valence-electron chi connectivity index (χ2n) is 33.1. The highest BCUT2D eigenvalue weighted by atomic mass is 16.6. The normalized spacial score (nSPS) is 30.0. The van der Waals surface area contributed by atoms with Gasteiger partial charge in [0.1, 0.15) is 0 Å². The predicted octanol–water partition coefficient (Wildman–Crippen LogP) is 7.86. The number of nitrogen functional groups attached to an aromatic ring is 3. The van der Waals surface area contributed by atoms with E-state index in [4.69, 9.17) is 17.2 Å². The summed E-state index contributed by atoms with van der Waals surface area (Å²) in [5, 5.41) is 76.1. The molecule has 6 heterocycles. The molecular weight excluding hydrogens is 1640 g/mol. The van der Waals surface area contributed by atoms with Crippen LogP contribution in [0.1, 0.15) is 67.4 Å². The summed E-state index contributed by atoms with van der Waals surface area (Å²) in [5.74, 6) is -19.1. The third-order valence-electron chi connectivity index (χ3n) is 26.5. The SMILES string of the molecule is CC1(C(=O)O)C(CCc2ccc([N+](=O)[O-])cc2)C(C)(C(=O)O)C1C(=O)Nc1ccc([N+](=O)[O-])cc1.CC12C(=O)N(c3ccc(N)cc3)C(=O)C1C1(C)C(=O)N(c3ccc(N)cc3)C(=O)C21.CC12C(=O)N(c3ccc([N+](=O)[O-])cc3)C(=O)C1C1(C)C(=O)N(c3ccc([N+](=O)[O-])cc3)C(=O)C21.CC12C(=O)OC(=O)C1C1(C)C(=O)OC(=O)C21.Nc1ccc([N+](=O)[O-])cc1. The minimum absolute atomic E-state index is 0.0641. The molecule has 42 nitrogen and oxygen atoms in total. The van der Waals surface area contributed by atoms with Crippen molar-refractivity contribution in [1.82, 2.24) is 0 Å². The number of hydrogen-bond donors (Lipinski definition) is 6. The first-order valence-corrected chi connectivity index (χ1v) is 38.0. The Morgan fingerprint density at radius 3 is 0.848 bits per heavy atom. The number of carbonyl (C=O) groups is 15. The van der Waals surface area contributed by atoms with Crippen molar-refractivity contribution in [3.05, 3.63) is 226 Å². The molecule has 7 aromatic carbocycles. The summed E-state index contributed by atoms with van der Waals surface area (Å²) < 4.78 is 9.02. The first kappa shape index (κ1) is 87.0. The van der Waals surface area contributed by atoms with Crippen molar-refractivity contribution >= 4 is 163 Å². The zero-order valence-electron chi connectivity index (χ0n) is 66.9. The molecule has 10 aliphatic rings. The Bertz CT molecular complexity index is 5670. The molecule has 17 rings (SSSR count). The molecule has 125 heavy (non-hydrogen) atoms. The van der Waals surface area contributed by atoms with Gasteiger partial charge in [-0.1, -0.05) is 12.1 Å². The highest BCUT2D eigenvalue weighted by Crippen LogP contribution is 2.74. The molecule has 7 aromatic rings. The van der Waals surface area contributed by atoms with Gasteiger partial charge in [-0.25, -0.2) is 19.6 Å². The number of imide groups is 4. The lowest BCUT2D eigenvalue weighted by Crippen LogP contribution is -2.71. The van der Waals surface area contributed by atoms with E-state index in [2.05, 4.69) is 14.8 Å². The van der Waals surface area contributed by atoms with Crippen molar-refractivity contribution in [1.29, 1.82) is 0 Å². The van der Waals surface area contributed by atoms with Crippen LogP contribution in [0.4, 0.5) is 73.9 Å². The second kappa shape index (κ2) is 30.1. The van der Waals surface area contributed by atoms with Gasteiger partial charge in [0.25, 0.3) is 28.4 Å². The fourth-order valence-corrected chi connectivity index (χ4v) is 20.8. The molecule has 2 atom stereocenters.